The summed E-state index contributed by atoms with van der Waals surface area (Å²) >= 11 is 1.65. The van der Waals surface area contributed by atoms with Crippen molar-refractivity contribution in [1.29, 1.82) is 0 Å². The van der Waals surface area contributed by atoms with Crippen molar-refractivity contribution in [2.45, 2.75) is 4.90 Å². The molecule has 0 saturated carbocycles. The number of amides is 1. The normalized spacial score (nSPS) is 10.3. The molecule has 0 aliphatic carbocycles. The van der Waals surface area contributed by atoms with Crippen molar-refractivity contribution in [2.75, 3.05) is 11.6 Å². The summed E-state index contributed by atoms with van der Waals surface area (Å²) in [4.78, 5) is 25.8. The molecule has 0 heterocycles. The van der Waals surface area contributed by atoms with Gasteiger partial charge in [0.05, 0.1) is 0 Å². The molecule has 0 bridgehead atoms. The van der Waals surface area contributed by atoms with Gasteiger partial charge in [-0.05, 0) is 42.7 Å². The molecule has 4 heteroatoms. The fraction of sp³-hybridized carbons (Fsp3) is 0.0476. The van der Waals surface area contributed by atoms with Crippen LogP contribution in [0.3, 0.4) is 0 Å². The zero-order valence-electron chi connectivity index (χ0n) is 13.7. The highest BCUT2D eigenvalue weighted by Gasteiger charge is 2.11. The van der Waals surface area contributed by atoms with Gasteiger partial charge in [-0.3, -0.25) is 9.59 Å². The number of hydrogen-bond acceptors (Lipinski definition) is 3. The lowest BCUT2D eigenvalue weighted by Gasteiger charge is -2.07. The van der Waals surface area contributed by atoms with E-state index in [0.29, 0.717) is 16.7 Å². The molecule has 1 amide bonds. The first-order valence-electron chi connectivity index (χ1n) is 7.82. The molecule has 3 nitrogen and oxygen atoms in total. The topological polar surface area (TPSA) is 46.2 Å². The van der Waals surface area contributed by atoms with Crippen molar-refractivity contribution >= 4 is 29.1 Å². The standard InChI is InChI=1S/C21H17NO2S/c1-25-19-13-11-18(12-14-19)22-21(24)17-9-7-16(8-10-17)20(23)15-5-3-2-4-6-15/h2-14H,1H3,(H,22,24). The van der Waals surface area contributed by atoms with Gasteiger partial charge in [-0.2, -0.15) is 0 Å². The average molecular weight is 347 g/mol. The van der Waals surface area contributed by atoms with Gasteiger partial charge in [-0.25, -0.2) is 0 Å². The summed E-state index contributed by atoms with van der Waals surface area (Å²) in [5.74, 6) is -0.254. The van der Waals surface area contributed by atoms with Crippen LogP contribution in [0.2, 0.25) is 0 Å². The number of benzene rings is 3. The first-order chi connectivity index (χ1) is 12.2. The maximum atomic E-state index is 12.4. The summed E-state index contributed by atoms with van der Waals surface area (Å²) < 4.78 is 0. The second-order valence-corrected chi connectivity index (χ2v) is 6.33. The van der Waals surface area contributed by atoms with E-state index in [1.165, 1.54) is 0 Å². The van der Waals surface area contributed by atoms with Crippen LogP contribution in [0.25, 0.3) is 0 Å². The van der Waals surface area contributed by atoms with Gasteiger partial charge in [0.2, 0.25) is 0 Å². The average Bonchev–Trinajstić information content (AvgIpc) is 2.69. The van der Waals surface area contributed by atoms with Gasteiger partial charge in [0, 0.05) is 27.3 Å². The molecular weight excluding hydrogens is 330 g/mol. The molecule has 0 aliphatic rings. The number of rotatable bonds is 5. The summed E-state index contributed by atoms with van der Waals surface area (Å²) in [6, 6.07) is 23.5. The molecule has 25 heavy (non-hydrogen) atoms. The minimum Gasteiger partial charge on any atom is -0.322 e. The van der Waals surface area contributed by atoms with E-state index < -0.39 is 0 Å². The van der Waals surface area contributed by atoms with E-state index >= 15 is 0 Å². The van der Waals surface area contributed by atoms with E-state index in [1.54, 1.807) is 48.2 Å². The zero-order valence-corrected chi connectivity index (χ0v) is 14.5. The molecule has 0 fully saturated rings. The zero-order chi connectivity index (χ0) is 17.6. The van der Waals surface area contributed by atoms with Crippen LogP contribution in [0.4, 0.5) is 5.69 Å². The van der Waals surface area contributed by atoms with Crippen molar-refractivity contribution in [1.82, 2.24) is 0 Å². The summed E-state index contributed by atoms with van der Waals surface area (Å²) in [6.45, 7) is 0. The Morgan fingerprint density at radius 2 is 1.28 bits per heavy atom. The largest absolute Gasteiger partial charge is 0.322 e. The third-order valence-corrected chi connectivity index (χ3v) is 4.54. The fourth-order valence-corrected chi connectivity index (χ4v) is 2.82. The van der Waals surface area contributed by atoms with E-state index in [4.69, 9.17) is 0 Å². The predicted molar refractivity (Wildman–Crippen MR) is 102 cm³/mol. The predicted octanol–water partition coefficient (Wildman–Crippen LogP) is 4.89. The summed E-state index contributed by atoms with van der Waals surface area (Å²) in [5.41, 5.74) is 2.45. The molecule has 3 rings (SSSR count). The summed E-state index contributed by atoms with van der Waals surface area (Å²) in [6.07, 6.45) is 2.01. The Balaban J connectivity index is 1.71. The molecule has 0 aromatic heterocycles. The van der Waals surface area contributed by atoms with Gasteiger partial charge >= 0.3 is 0 Å². The maximum absolute atomic E-state index is 12.4. The van der Waals surface area contributed by atoms with Crippen molar-refractivity contribution < 1.29 is 9.59 Å². The Morgan fingerprint density at radius 3 is 1.88 bits per heavy atom. The third-order valence-electron chi connectivity index (χ3n) is 3.79. The number of thioether (sulfide) groups is 1. The van der Waals surface area contributed by atoms with Crippen LogP contribution < -0.4 is 5.32 Å². The molecule has 0 spiro atoms. The van der Waals surface area contributed by atoms with Crippen molar-refractivity contribution in [3.8, 4) is 0 Å². The highest BCUT2D eigenvalue weighted by atomic mass is 32.2. The second kappa shape index (κ2) is 7.81. The number of carbonyl (C=O) groups is 2. The van der Waals surface area contributed by atoms with Crippen molar-refractivity contribution in [2.24, 2.45) is 0 Å². The Bertz CT molecular complexity index is 872. The minimum atomic E-state index is -0.199. The van der Waals surface area contributed by atoms with Gasteiger partial charge in [-0.1, -0.05) is 42.5 Å². The third kappa shape index (κ3) is 4.17. The second-order valence-electron chi connectivity index (χ2n) is 5.46. The van der Waals surface area contributed by atoms with Crippen LogP contribution in [0, 0.1) is 0 Å². The van der Waals surface area contributed by atoms with Crippen LogP contribution in [0.5, 0.6) is 0 Å². The molecule has 0 unspecified atom stereocenters. The number of carbonyl (C=O) groups excluding carboxylic acids is 2. The number of hydrogen-bond donors (Lipinski definition) is 1. The highest BCUT2D eigenvalue weighted by Crippen LogP contribution is 2.18. The lowest BCUT2D eigenvalue weighted by molar-refractivity contribution is 0.102. The van der Waals surface area contributed by atoms with Gasteiger partial charge in [0.25, 0.3) is 5.91 Å². The Labute approximate surface area is 151 Å². The molecule has 0 radical (unpaired) electrons. The Kier molecular flexibility index (Phi) is 5.31. The lowest BCUT2D eigenvalue weighted by atomic mass is 10.0. The van der Waals surface area contributed by atoms with Crippen LogP contribution >= 0.6 is 11.8 Å². The van der Waals surface area contributed by atoms with Gasteiger partial charge in [0.1, 0.15) is 0 Å². The molecule has 124 valence electrons. The lowest BCUT2D eigenvalue weighted by Crippen LogP contribution is -2.12. The minimum absolute atomic E-state index is 0.0554. The molecule has 1 N–H and O–H groups in total. The Morgan fingerprint density at radius 1 is 0.720 bits per heavy atom. The number of nitrogens with one attached hydrogen (secondary N) is 1. The van der Waals surface area contributed by atoms with Crippen LogP contribution in [-0.2, 0) is 0 Å². The fourth-order valence-electron chi connectivity index (χ4n) is 2.41. The summed E-state index contributed by atoms with van der Waals surface area (Å²) in [5, 5.41) is 2.86. The van der Waals surface area contributed by atoms with Crippen LogP contribution in [0.1, 0.15) is 26.3 Å². The Hall–Kier alpha value is -2.85. The molecular formula is C21H17NO2S. The molecule has 0 atom stereocenters. The molecule has 0 aliphatic heterocycles. The molecule has 3 aromatic carbocycles. The van der Waals surface area contributed by atoms with Crippen LogP contribution in [0.15, 0.2) is 83.8 Å². The first kappa shape index (κ1) is 17.0. The summed E-state index contributed by atoms with van der Waals surface area (Å²) in [7, 11) is 0. The maximum Gasteiger partial charge on any atom is 0.255 e. The van der Waals surface area contributed by atoms with Gasteiger partial charge in [-0.15, -0.1) is 11.8 Å². The van der Waals surface area contributed by atoms with Gasteiger partial charge < -0.3 is 5.32 Å². The first-order valence-corrected chi connectivity index (χ1v) is 9.05. The van der Waals surface area contributed by atoms with E-state index in [2.05, 4.69) is 5.32 Å². The van der Waals surface area contributed by atoms with Crippen molar-refractivity contribution in [3.63, 3.8) is 0 Å². The number of anilines is 1. The monoisotopic (exact) mass is 347 g/mol. The smallest absolute Gasteiger partial charge is 0.255 e. The number of ketones is 1. The van der Waals surface area contributed by atoms with E-state index in [-0.39, 0.29) is 11.7 Å². The van der Waals surface area contributed by atoms with E-state index in [0.717, 1.165) is 10.6 Å². The van der Waals surface area contributed by atoms with Gasteiger partial charge in [0.15, 0.2) is 5.78 Å². The SMILES string of the molecule is CSc1ccc(NC(=O)c2ccc(C(=O)c3ccccc3)cc2)cc1. The van der Waals surface area contributed by atoms with Crippen molar-refractivity contribution in [3.05, 3.63) is 95.6 Å². The quantitative estimate of drug-likeness (QED) is 0.528. The van der Waals surface area contributed by atoms with E-state index in [1.807, 2.05) is 48.7 Å². The molecule has 0 saturated heterocycles. The highest BCUT2D eigenvalue weighted by molar-refractivity contribution is 7.98. The van der Waals surface area contributed by atoms with Crippen LogP contribution in [-0.4, -0.2) is 17.9 Å². The molecule has 3 aromatic rings. The van der Waals surface area contributed by atoms with E-state index in [9.17, 15) is 9.59 Å².